The van der Waals surface area contributed by atoms with E-state index in [1.54, 1.807) is 30.6 Å². The number of aromatic nitrogens is 6. The quantitative estimate of drug-likeness (QED) is 0.391. The first-order valence-electron chi connectivity index (χ1n) is 9.59. The van der Waals surface area contributed by atoms with E-state index in [0.717, 1.165) is 6.26 Å². The van der Waals surface area contributed by atoms with Gasteiger partial charge in [-0.1, -0.05) is 23.7 Å². The molecule has 4 heterocycles. The van der Waals surface area contributed by atoms with Crippen LogP contribution in [0.25, 0.3) is 23.0 Å². The number of pyridine rings is 2. The van der Waals surface area contributed by atoms with Crippen molar-refractivity contribution in [1.82, 2.24) is 29.9 Å². The molecule has 0 aliphatic heterocycles. The van der Waals surface area contributed by atoms with E-state index in [-0.39, 0.29) is 16.7 Å². The van der Waals surface area contributed by atoms with Crippen LogP contribution in [0.3, 0.4) is 0 Å². The number of hydrogen-bond donors (Lipinski definition) is 1. The second kappa shape index (κ2) is 11.3. The van der Waals surface area contributed by atoms with Crippen molar-refractivity contribution in [2.75, 3.05) is 25.2 Å². The van der Waals surface area contributed by atoms with Crippen LogP contribution in [-0.2, 0) is 10.0 Å². The summed E-state index contributed by atoms with van der Waals surface area (Å²) in [7, 11) is -0.521. The van der Waals surface area contributed by atoms with Gasteiger partial charge in [-0.15, -0.1) is 0 Å². The topological polar surface area (TPSA) is 142 Å². The van der Waals surface area contributed by atoms with Gasteiger partial charge in [-0.2, -0.15) is 0 Å². The van der Waals surface area contributed by atoms with Crippen LogP contribution in [0, 0.1) is 0 Å². The standard InChI is InChI=1S/C11H12N4O3S.C10H8ClN3O/c1-18-9-7-13-10(8-5-3-4-6-12-8)14-11(9)15-19(2,16)17;1-15-8-6-13-10(14-9(8)11)7-4-2-3-5-12-7/h3-7H,1-2H3,(H,13,14,15);2-6H,1H3. The van der Waals surface area contributed by atoms with E-state index in [0.29, 0.717) is 28.8 Å². The first-order valence-corrected chi connectivity index (χ1v) is 11.9. The highest BCUT2D eigenvalue weighted by Gasteiger charge is 2.13. The van der Waals surface area contributed by atoms with Gasteiger partial charge >= 0.3 is 0 Å². The first-order chi connectivity index (χ1) is 16.3. The molecule has 1 N–H and O–H groups in total. The molecule has 0 radical (unpaired) electrons. The van der Waals surface area contributed by atoms with Crippen LogP contribution in [0.15, 0.2) is 61.2 Å². The highest BCUT2D eigenvalue weighted by molar-refractivity contribution is 7.92. The second-order valence-corrected chi connectivity index (χ2v) is 8.57. The third kappa shape index (κ3) is 6.80. The largest absolute Gasteiger partial charge is 0.492 e. The number of ether oxygens (including phenoxy) is 2. The van der Waals surface area contributed by atoms with Gasteiger partial charge < -0.3 is 9.47 Å². The minimum atomic E-state index is -3.45. The fourth-order valence-corrected chi connectivity index (χ4v) is 3.20. The normalized spacial score (nSPS) is 10.6. The van der Waals surface area contributed by atoms with Crippen molar-refractivity contribution in [2.45, 2.75) is 0 Å². The molecule has 0 fully saturated rings. The predicted octanol–water partition coefficient (Wildman–Crippen LogP) is 3.12. The summed E-state index contributed by atoms with van der Waals surface area (Å²) >= 11 is 5.88. The molecule has 176 valence electrons. The number of halogens is 1. The van der Waals surface area contributed by atoms with Crippen molar-refractivity contribution < 1.29 is 17.9 Å². The Labute approximate surface area is 201 Å². The maximum atomic E-state index is 11.3. The van der Waals surface area contributed by atoms with Gasteiger partial charge in [-0.25, -0.2) is 28.4 Å². The average Bonchev–Trinajstić information content (AvgIpc) is 2.84. The van der Waals surface area contributed by atoms with E-state index in [1.165, 1.54) is 26.6 Å². The Morgan fingerprint density at radius 2 is 1.32 bits per heavy atom. The van der Waals surface area contributed by atoms with Crippen molar-refractivity contribution in [3.63, 3.8) is 0 Å². The molecule has 0 atom stereocenters. The number of nitrogens with zero attached hydrogens (tertiary/aromatic N) is 6. The molecule has 0 bridgehead atoms. The minimum absolute atomic E-state index is 0.0839. The third-order valence-electron chi connectivity index (χ3n) is 3.98. The van der Waals surface area contributed by atoms with E-state index in [9.17, 15) is 8.42 Å². The van der Waals surface area contributed by atoms with E-state index in [1.807, 2.05) is 18.2 Å². The second-order valence-electron chi connectivity index (χ2n) is 6.47. The van der Waals surface area contributed by atoms with Gasteiger partial charge in [0.05, 0.1) is 32.9 Å². The van der Waals surface area contributed by atoms with Gasteiger partial charge in [-0.05, 0) is 24.3 Å². The maximum absolute atomic E-state index is 11.3. The number of nitrogens with one attached hydrogen (secondary N) is 1. The average molecular weight is 502 g/mol. The molecular formula is C21H20ClN7O4S. The Bertz CT molecular complexity index is 1340. The molecule has 0 saturated heterocycles. The first kappa shape index (κ1) is 24.7. The summed E-state index contributed by atoms with van der Waals surface area (Å²) in [6.45, 7) is 0. The lowest BCUT2D eigenvalue weighted by Gasteiger charge is -2.09. The Hall–Kier alpha value is -3.90. The molecule has 0 aliphatic carbocycles. The van der Waals surface area contributed by atoms with Crippen LogP contribution < -0.4 is 14.2 Å². The molecular weight excluding hydrogens is 482 g/mol. The number of sulfonamides is 1. The third-order valence-corrected chi connectivity index (χ3v) is 4.81. The van der Waals surface area contributed by atoms with Gasteiger partial charge in [-0.3, -0.25) is 14.7 Å². The summed E-state index contributed by atoms with van der Waals surface area (Å²) in [6, 6.07) is 10.8. The van der Waals surface area contributed by atoms with Gasteiger partial charge in [0.2, 0.25) is 10.0 Å². The zero-order valence-corrected chi connectivity index (χ0v) is 19.9. The monoisotopic (exact) mass is 501 g/mol. The van der Waals surface area contributed by atoms with Crippen LogP contribution in [-0.4, -0.2) is 58.8 Å². The fourth-order valence-electron chi connectivity index (χ4n) is 2.49. The van der Waals surface area contributed by atoms with E-state index in [4.69, 9.17) is 21.1 Å². The molecule has 13 heteroatoms. The molecule has 0 aliphatic rings. The van der Waals surface area contributed by atoms with Gasteiger partial charge in [0.25, 0.3) is 0 Å². The molecule has 11 nitrogen and oxygen atoms in total. The van der Waals surface area contributed by atoms with Crippen molar-refractivity contribution in [1.29, 1.82) is 0 Å². The van der Waals surface area contributed by atoms with Crippen molar-refractivity contribution in [3.05, 3.63) is 66.3 Å². The van der Waals surface area contributed by atoms with Crippen LogP contribution in [0.5, 0.6) is 11.5 Å². The lowest BCUT2D eigenvalue weighted by Crippen LogP contribution is -2.12. The zero-order chi connectivity index (χ0) is 24.6. The van der Waals surface area contributed by atoms with Crippen LogP contribution in [0.1, 0.15) is 0 Å². The van der Waals surface area contributed by atoms with Crippen LogP contribution in [0.2, 0.25) is 5.15 Å². The van der Waals surface area contributed by atoms with Gasteiger partial charge in [0.15, 0.2) is 34.1 Å². The molecule has 4 rings (SSSR count). The summed E-state index contributed by atoms with van der Waals surface area (Å²) in [5.41, 5.74) is 1.23. The maximum Gasteiger partial charge on any atom is 0.231 e. The molecule has 0 spiro atoms. The summed E-state index contributed by atoms with van der Waals surface area (Å²) in [5, 5.41) is 0.285. The predicted molar refractivity (Wildman–Crippen MR) is 127 cm³/mol. The molecule has 4 aromatic heterocycles. The number of hydrogen-bond acceptors (Lipinski definition) is 10. The zero-order valence-electron chi connectivity index (χ0n) is 18.4. The van der Waals surface area contributed by atoms with E-state index in [2.05, 4.69) is 34.6 Å². The van der Waals surface area contributed by atoms with E-state index >= 15 is 0 Å². The highest BCUT2D eigenvalue weighted by Crippen LogP contribution is 2.24. The smallest absolute Gasteiger partial charge is 0.231 e. The highest BCUT2D eigenvalue weighted by atomic mass is 35.5. The molecule has 0 unspecified atom stereocenters. The van der Waals surface area contributed by atoms with E-state index < -0.39 is 10.0 Å². The van der Waals surface area contributed by atoms with Gasteiger partial charge in [0, 0.05) is 12.4 Å². The van der Waals surface area contributed by atoms with Crippen molar-refractivity contribution in [2.24, 2.45) is 0 Å². The molecule has 0 saturated carbocycles. The summed E-state index contributed by atoms with van der Waals surface area (Å²) in [5.74, 6) is 1.58. The van der Waals surface area contributed by atoms with Gasteiger partial charge in [0.1, 0.15) is 11.4 Å². The SMILES string of the molecule is COc1cnc(-c2ccccn2)nc1Cl.COc1cnc(-c2ccccn2)nc1NS(C)(=O)=O. The number of anilines is 1. The Morgan fingerprint density at radius 3 is 1.76 bits per heavy atom. The van der Waals surface area contributed by atoms with Crippen LogP contribution >= 0.6 is 11.6 Å². The Balaban J connectivity index is 0.000000196. The summed E-state index contributed by atoms with van der Waals surface area (Å²) in [6.07, 6.45) is 7.24. The lowest BCUT2D eigenvalue weighted by atomic mass is 10.3. The fraction of sp³-hybridized carbons (Fsp3) is 0.143. The van der Waals surface area contributed by atoms with Crippen molar-refractivity contribution in [3.8, 4) is 34.5 Å². The summed E-state index contributed by atoms with van der Waals surface area (Å²) < 4.78 is 34.8. The molecule has 4 aromatic rings. The molecule has 0 amide bonds. The minimum Gasteiger partial charge on any atom is -0.492 e. The number of methoxy groups -OCH3 is 2. The molecule has 34 heavy (non-hydrogen) atoms. The lowest BCUT2D eigenvalue weighted by molar-refractivity contribution is 0.411. The summed E-state index contributed by atoms with van der Waals surface area (Å²) in [4.78, 5) is 24.6. The Kier molecular flexibility index (Phi) is 8.22. The number of rotatable bonds is 6. The molecule has 0 aromatic carbocycles. The van der Waals surface area contributed by atoms with Crippen LogP contribution in [0.4, 0.5) is 5.82 Å². The Morgan fingerprint density at radius 1 is 0.794 bits per heavy atom. The van der Waals surface area contributed by atoms with Crippen molar-refractivity contribution >= 4 is 27.4 Å².